The van der Waals surface area contributed by atoms with E-state index in [0.717, 1.165) is 48.7 Å². The quantitative estimate of drug-likeness (QED) is 0.943. The molecular formula is C16H19N3O2. The largest absolute Gasteiger partial charge is 0.493 e. The van der Waals surface area contributed by atoms with E-state index >= 15 is 0 Å². The van der Waals surface area contributed by atoms with E-state index in [0.29, 0.717) is 5.56 Å². The number of anilines is 1. The number of fused-ring (bicyclic) bond motifs is 1. The van der Waals surface area contributed by atoms with Gasteiger partial charge in [-0.1, -0.05) is 0 Å². The summed E-state index contributed by atoms with van der Waals surface area (Å²) < 4.78 is 7.36. The molecule has 0 saturated heterocycles. The number of amides is 1. The molecule has 21 heavy (non-hydrogen) atoms. The highest BCUT2D eigenvalue weighted by Gasteiger charge is 2.16. The van der Waals surface area contributed by atoms with Gasteiger partial charge in [-0.15, -0.1) is 0 Å². The van der Waals surface area contributed by atoms with E-state index in [9.17, 15) is 4.79 Å². The topological polar surface area (TPSA) is 56.2 Å². The first kappa shape index (κ1) is 13.7. The first-order valence-electron chi connectivity index (χ1n) is 7.28. The predicted octanol–water partition coefficient (Wildman–Crippen LogP) is 2.79. The van der Waals surface area contributed by atoms with Crippen molar-refractivity contribution in [3.63, 3.8) is 0 Å². The van der Waals surface area contributed by atoms with E-state index in [-0.39, 0.29) is 5.91 Å². The van der Waals surface area contributed by atoms with Crippen LogP contribution in [0.1, 0.15) is 34.8 Å². The van der Waals surface area contributed by atoms with Crippen LogP contribution in [-0.2, 0) is 13.0 Å². The summed E-state index contributed by atoms with van der Waals surface area (Å²) in [5, 5.41) is 7.19. The lowest BCUT2D eigenvalue weighted by atomic mass is 10.0. The minimum atomic E-state index is -0.110. The van der Waals surface area contributed by atoms with Crippen LogP contribution in [0.25, 0.3) is 0 Å². The lowest BCUT2D eigenvalue weighted by Crippen LogP contribution is -2.17. The van der Waals surface area contributed by atoms with Crippen molar-refractivity contribution >= 4 is 11.7 Å². The SMILES string of the molecule is CCn1ncc(C)c1NC(=O)c1ccc2c(c1)CCCO2. The van der Waals surface area contributed by atoms with Crippen molar-refractivity contribution in [2.45, 2.75) is 33.2 Å². The molecule has 110 valence electrons. The lowest BCUT2D eigenvalue weighted by molar-refractivity contribution is 0.102. The molecule has 1 N–H and O–H groups in total. The zero-order chi connectivity index (χ0) is 14.8. The Hall–Kier alpha value is -2.30. The smallest absolute Gasteiger partial charge is 0.256 e. The van der Waals surface area contributed by atoms with Gasteiger partial charge in [-0.05, 0) is 50.5 Å². The number of nitrogens with zero attached hydrogens (tertiary/aromatic N) is 2. The highest BCUT2D eigenvalue weighted by molar-refractivity contribution is 6.04. The van der Waals surface area contributed by atoms with E-state index in [4.69, 9.17) is 4.74 Å². The first-order chi connectivity index (χ1) is 10.2. The maximum atomic E-state index is 12.4. The zero-order valence-electron chi connectivity index (χ0n) is 12.3. The van der Waals surface area contributed by atoms with Crippen LogP contribution in [0.4, 0.5) is 5.82 Å². The molecule has 1 aliphatic heterocycles. The van der Waals surface area contributed by atoms with Crippen LogP contribution in [0.2, 0.25) is 0 Å². The van der Waals surface area contributed by atoms with Crippen molar-refractivity contribution in [1.82, 2.24) is 9.78 Å². The third kappa shape index (κ3) is 2.63. The molecule has 0 bridgehead atoms. The maximum Gasteiger partial charge on any atom is 0.256 e. The van der Waals surface area contributed by atoms with Gasteiger partial charge >= 0.3 is 0 Å². The van der Waals surface area contributed by atoms with Gasteiger partial charge in [-0.25, -0.2) is 4.68 Å². The monoisotopic (exact) mass is 285 g/mol. The van der Waals surface area contributed by atoms with Gasteiger partial charge in [-0.2, -0.15) is 5.10 Å². The van der Waals surface area contributed by atoms with Crippen molar-refractivity contribution in [2.75, 3.05) is 11.9 Å². The van der Waals surface area contributed by atoms with Crippen LogP contribution < -0.4 is 10.1 Å². The summed E-state index contributed by atoms with van der Waals surface area (Å²) in [6.45, 7) is 5.42. The summed E-state index contributed by atoms with van der Waals surface area (Å²) in [6, 6.07) is 5.61. The summed E-state index contributed by atoms with van der Waals surface area (Å²) in [5.41, 5.74) is 2.73. The van der Waals surface area contributed by atoms with Crippen LogP contribution in [0.5, 0.6) is 5.75 Å². The van der Waals surface area contributed by atoms with Crippen molar-refractivity contribution in [2.24, 2.45) is 0 Å². The molecule has 0 fully saturated rings. The summed E-state index contributed by atoms with van der Waals surface area (Å²) in [5.74, 6) is 1.55. The second-order valence-corrected chi connectivity index (χ2v) is 5.22. The van der Waals surface area contributed by atoms with E-state index in [1.807, 2.05) is 32.0 Å². The molecule has 5 nitrogen and oxygen atoms in total. The van der Waals surface area contributed by atoms with Crippen LogP contribution in [0, 0.1) is 6.92 Å². The number of carbonyl (C=O) groups is 1. The highest BCUT2D eigenvalue weighted by atomic mass is 16.5. The van der Waals surface area contributed by atoms with E-state index in [1.165, 1.54) is 0 Å². The van der Waals surface area contributed by atoms with Crippen molar-refractivity contribution in [3.8, 4) is 5.75 Å². The fourth-order valence-electron chi connectivity index (χ4n) is 2.56. The molecule has 3 rings (SSSR count). The third-order valence-electron chi connectivity index (χ3n) is 3.72. The van der Waals surface area contributed by atoms with Crippen LogP contribution >= 0.6 is 0 Å². The van der Waals surface area contributed by atoms with Gasteiger partial charge in [0, 0.05) is 17.7 Å². The fourth-order valence-corrected chi connectivity index (χ4v) is 2.56. The Labute approximate surface area is 123 Å². The summed E-state index contributed by atoms with van der Waals surface area (Å²) >= 11 is 0. The third-order valence-corrected chi connectivity index (χ3v) is 3.72. The number of aryl methyl sites for hydroxylation is 3. The Morgan fingerprint density at radius 3 is 3.14 bits per heavy atom. The second kappa shape index (κ2) is 5.60. The van der Waals surface area contributed by atoms with Gasteiger partial charge in [-0.3, -0.25) is 4.79 Å². The number of hydrogen-bond acceptors (Lipinski definition) is 3. The minimum Gasteiger partial charge on any atom is -0.493 e. The molecule has 2 heterocycles. The molecule has 0 radical (unpaired) electrons. The number of hydrogen-bond donors (Lipinski definition) is 1. The number of rotatable bonds is 3. The van der Waals surface area contributed by atoms with Crippen molar-refractivity contribution < 1.29 is 9.53 Å². The summed E-state index contributed by atoms with van der Waals surface area (Å²) in [7, 11) is 0. The molecule has 1 aromatic carbocycles. The van der Waals surface area contributed by atoms with Crippen molar-refractivity contribution in [3.05, 3.63) is 41.1 Å². The number of nitrogens with one attached hydrogen (secondary N) is 1. The molecule has 0 spiro atoms. The van der Waals surface area contributed by atoms with Gasteiger partial charge in [0.05, 0.1) is 12.8 Å². The Morgan fingerprint density at radius 1 is 1.48 bits per heavy atom. The normalized spacial score (nSPS) is 13.4. The van der Waals surface area contributed by atoms with E-state index < -0.39 is 0 Å². The molecule has 0 saturated carbocycles. The van der Waals surface area contributed by atoms with Crippen LogP contribution in [0.15, 0.2) is 24.4 Å². The molecule has 1 amide bonds. The lowest BCUT2D eigenvalue weighted by Gasteiger charge is -2.17. The minimum absolute atomic E-state index is 0.110. The highest BCUT2D eigenvalue weighted by Crippen LogP contribution is 2.26. The second-order valence-electron chi connectivity index (χ2n) is 5.22. The van der Waals surface area contributed by atoms with Gasteiger partial charge in [0.25, 0.3) is 5.91 Å². The Bertz CT molecular complexity index is 676. The Balaban J connectivity index is 1.84. The molecule has 0 atom stereocenters. The van der Waals surface area contributed by atoms with Gasteiger partial charge in [0.2, 0.25) is 0 Å². The Kier molecular flexibility index (Phi) is 3.64. The summed E-state index contributed by atoms with van der Waals surface area (Å²) in [4.78, 5) is 12.4. The standard InChI is InChI=1S/C16H19N3O2/c1-3-19-15(11(2)10-17-19)18-16(20)13-6-7-14-12(9-13)5-4-8-21-14/h6-7,9-10H,3-5,8H2,1-2H3,(H,18,20). The van der Waals surface area contributed by atoms with E-state index in [1.54, 1.807) is 10.9 Å². The van der Waals surface area contributed by atoms with Crippen LogP contribution in [-0.4, -0.2) is 22.3 Å². The molecular weight excluding hydrogens is 266 g/mol. The van der Waals surface area contributed by atoms with Gasteiger partial charge in [0.15, 0.2) is 0 Å². The van der Waals surface area contributed by atoms with E-state index in [2.05, 4.69) is 10.4 Å². The van der Waals surface area contributed by atoms with Crippen LogP contribution in [0.3, 0.4) is 0 Å². The summed E-state index contributed by atoms with van der Waals surface area (Å²) in [6.07, 6.45) is 3.72. The average Bonchev–Trinajstić information content (AvgIpc) is 2.87. The first-order valence-corrected chi connectivity index (χ1v) is 7.28. The predicted molar refractivity (Wildman–Crippen MR) is 80.8 cm³/mol. The maximum absolute atomic E-state index is 12.4. The van der Waals surface area contributed by atoms with Gasteiger partial charge in [0.1, 0.15) is 11.6 Å². The van der Waals surface area contributed by atoms with Gasteiger partial charge < -0.3 is 10.1 Å². The molecule has 0 aliphatic carbocycles. The number of aromatic nitrogens is 2. The number of ether oxygens (including phenoxy) is 1. The molecule has 5 heteroatoms. The molecule has 2 aromatic rings. The zero-order valence-corrected chi connectivity index (χ0v) is 12.3. The average molecular weight is 285 g/mol. The number of carbonyl (C=O) groups excluding carboxylic acids is 1. The Morgan fingerprint density at radius 2 is 2.33 bits per heavy atom. The molecule has 1 aliphatic rings. The molecule has 0 unspecified atom stereocenters. The van der Waals surface area contributed by atoms with Crippen molar-refractivity contribution in [1.29, 1.82) is 0 Å². The molecule has 1 aromatic heterocycles. The number of benzene rings is 1. The fraction of sp³-hybridized carbons (Fsp3) is 0.375.